The molecule has 0 spiro atoms. The minimum Gasteiger partial charge on any atom is -0.354 e. The molecule has 22 heavy (non-hydrogen) atoms. The molecule has 0 saturated heterocycles. The minimum atomic E-state index is -0.0543. The highest BCUT2D eigenvalue weighted by molar-refractivity contribution is 6.41. The molecule has 0 aliphatic rings. The fourth-order valence-electron chi connectivity index (χ4n) is 1.78. The fraction of sp³-hybridized carbons (Fsp3) is 0.267. The molecule has 0 atom stereocenters. The highest BCUT2D eigenvalue weighted by Crippen LogP contribution is 2.18. The molecule has 0 aliphatic heterocycles. The Bertz CT molecular complexity index is 622. The summed E-state index contributed by atoms with van der Waals surface area (Å²) in [5.41, 5.74) is 0.671. The van der Waals surface area contributed by atoms with Crippen LogP contribution >= 0.6 is 23.2 Å². The van der Waals surface area contributed by atoms with E-state index in [1.807, 2.05) is 18.2 Å². The van der Waals surface area contributed by atoms with Gasteiger partial charge in [0, 0.05) is 18.7 Å². The SMILES string of the molecule is O=C(NCCCCNc1ncc(Cl)c(Cl)n1)c1ccccc1. The number of aromatic nitrogens is 2. The number of hydrogen-bond acceptors (Lipinski definition) is 4. The number of halogens is 2. The van der Waals surface area contributed by atoms with Crippen LogP contribution in [0.2, 0.25) is 10.2 Å². The molecule has 0 radical (unpaired) electrons. The number of carbonyl (C=O) groups excluding carboxylic acids is 1. The van der Waals surface area contributed by atoms with Crippen molar-refractivity contribution in [2.45, 2.75) is 12.8 Å². The Morgan fingerprint density at radius 2 is 1.82 bits per heavy atom. The number of unbranched alkanes of at least 4 members (excludes halogenated alkanes) is 1. The van der Waals surface area contributed by atoms with Gasteiger partial charge in [0.05, 0.1) is 11.2 Å². The summed E-state index contributed by atoms with van der Waals surface area (Å²) in [5, 5.41) is 6.49. The zero-order chi connectivity index (χ0) is 15.8. The summed E-state index contributed by atoms with van der Waals surface area (Å²) in [4.78, 5) is 19.8. The van der Waals surface area contributed by atoms with Crippen molar-refractivity contribution in [1.82, 2.24) is 15.3 Å². The van der Waals surface area contributed by atoms with Crippen LogP contribution in [0.4, 0.5) is 5.95 Å². The van der Waals surface area contributed by atoms with E-state index in [2.05, 4.69) is 20.6 Å². The first-order valence-electron chi connectivity index (χ1n) is 6.92. The van der Waals surface area contributed by atoms with E-state index in [4.69, 9.17) is 23.2 Å². The lowest BCUT2D eigenvalue weighted by molar-refractivity contribution is 0.0953. The Hall–Kier alpha value is -1.85. The first-order chi connectivity index (χ1) is 10.7. The molecular weight excluding hydrogens is 323 g/mol. The standard InChI is InChI=1S/C15H16Cl2N4O/c16-12-10-20-15(21-13(12)17)19-9-5-4-8-18-14(22)11-6-2-1-3-7-11/h1-3,6-7,10H,4-5,8-9H2,(H,18,22)(H,19,20,21). The first-order valence-corrected chi connectivity index (χ1v) is 7.67. The predicted molar refractivity (Wildman–Crippen MR) is 88.6 cm³/mol. The van der Waals surface area contributed by atoms with Crippen LogP contribution in [0.5, 0.6) is 0 Å². The van der Waals surface area contributed by atoms with Crippen LogP contribution in [0, 0.1) is 0 Å². The van der Waals surface area contributed by atoms with Crippen molar-refractivity contribution >= 4 is 35.1 Å². The van der Waals surface area contributed by atoms with E-state index in [9.17, 15) is 4.79 Å². The van der Waals surface area contributed by atoms with Gasteiger partial charge in [0.15, 0.2) is 5.15 Å². The third kappa shape index (κ3) is 5.16. The molecular formula is C15H16Cl2N4O. The Morgan fingerprint density at radius 3 is 2.55 bits per heavy atom. The molecule has 0 aliphatic carbocycles. The second kappa shape index (κ2) is 8.56. The number of amides is 1. The third-order valence-electron chi connectivity index (χ3n) is 2.91. The molecule has 5 nitrogen and oxygen atoms in total. The quantitative estimate of drug-likeness (QED) is 0.599. The van der Waals surface area contributed by atoms with Gasteiger partial charge in [-0.1, -0.05) is 41.4 Å². The van der Waals surface area contributed by atoms with Gasteiger partial charge >= 0.3 is 0 Å². The van der Waals surface area contributed by atoms with Crippen molar-refractivity contribution < 1.29 is 4.79 Å². The molecule has 0 saturated carbocycles. The molecule has 1 aromatic heterocycles. The monoisotopic (exact) mass is 338 g/mol. The summed E-state index contributed by atoms with van der Waals surface area (Å²) in [6.45, 7) is 1.32. The zero-order valence-corrected chi connectivity index (χ0v) is 13.4. The molecule has 0 bridgehead atoms. The van der Waals surface area contributed by atoms with E-state index in [1.165, 1.54) is 6.20 Å². The van der Waals surface area contributed by atoms with Crippen LogP contribution in [-0.2, 0) is 0 Å². The summed E-state index contributed by atoms with van der Waals surface area (Å²) in [6, 6.07) is 9.15. The van der Waals surface area contributed by atoms with E-state index in [-0.39, 0.29) is 11.1 Å². The van der Waals surface area contributed by atoms with E-state index in [0.717, 1.165) is 12.8 Å². The molecule has 2 rings (SSSR count). The summed E-state index contributed by atoms with van der Waals surface area (Å²) in [7, 11) is 0. The Labute approximate surface area is 139 Å². The Balaban J connectivity index is 1.61. The molecule has 1 amide bonds. The van der Waals surface area contributed by atoms with Crippen molar-refractivity contribution in [3.8, 4) is 0 Å². The van der Waals surface area contributed by atoms with Crippen molar-refractivity contribution in [3.05, 3.63) is 52.3 Å². The number of anilines is 1. The Morgan fingerprint density at radius 1 is 1.09 bits per heavy atom. The maximum Gasteiger partial charge on any atom is 0.251 e. The van der Waals surface area contributed by atoms with Crippen LogP contribution in [-0.4, -0.2) is 29.0 Å². The minimum absolute atomic E-state index is 0.0543. The number of carbonyl (C=O) groups is 1. The van der Waals surface area contributed by atoms with Gasteiger partial charge in [-0.15, -0.1) is 0 Å². The van der Waals surface area contributed by atoms with Crippen molar-refractivity contribution in [2.75, 3.05) is 18.4 Å². The summed E-state index contributed by atoms with van der Waals surface area (Å²) >= 11 is 11.5. The average Bonchev–Trinajstić information content (AvgIpc) is 2.54. The normalized spacial score (nSPS) is 10.3. The van der Waals surface area contributed by atoms with Gasteiger partial charge in [0.25, 0.3) is 5.91 Å². The second-order valence-electron chi connectivity index (χ2n) is 4.59. The van der Waals surface area contributed by atoms with Crippen LogP contribution in [0.15, 0.2) is 36.5 Å². The smallest absolute Gasteiger partial charge is 0.251 e. The molecule has 1 heterocycles. The summed E-state index contributed by atoms with van der Waals surface area (Å²) in [6.07, 6.45) is 3.19. The van der Waals surface area contributed by atoms with Crippen molar-refractivity contribution in [3.63, 3.8) is 0 Å². The zero-order valence-electron chi connectivity index (χ0n) is 11.9. The topological polar surface area (TPSA) is 66.9 Å². The highest BCUT2D eigenvalue weighted by Gasteiger charge is 2.03. The molecule has 116 valence electrons. The molecule has 0 fully saturated rings. The van der Waals surface area contributed by atoms with Gasteiger partial charge in [-0.2, -0.15) is 4.98 Å². The van der Waals surface area contributed by atoms with Gasteiger partial charge < -0.3 is 10.6 Å². The average molecular weight is 339 g/mol. The Kier molecular flexibility index (Phi) is 6.43. The summed E-state index contributed by atoms with van der Waals surface area (Å²) < 4.78 is 0. The summed E-state index contributed by atoms with van der Waals surface area (Å²) in [5.74, 6) is 0.393. The fourth-order valence-corrected chi connectivity index (χ4v) is 2.00. The predicted octanol–water partition coefficient (Wildman–Crippen LogP) is 3.41. The van der Waals surface area contributed by atoms with Gasteiger partial charge in [-0.25, -0.2) is 4.98 Å². The third-order valence-corrected chi connectivity index (χ3v) is 3.57. The number of nitrogens with zero attached hydrogens (tertiary/aromatic N) is 2. The number of nitrogens with one attached hydrogen (secondary N) is 2. The second-order valence-corrected chi connectivity index (χ2v) is 5.35. The molecule has 7 heteroatoms. The van der Waals surface area contributed by atoms with Crippen LogP contribution in [0.3, 0.4) is 0 Å². The maximum absolute atomic E-state index is 11.8. The van der Waals surface area contributed by atoms with Gasteiger partial charge in [-0.05, 0) is 25.0 Å². The first kappa shape index (κ1) is 16.5. The molecule has 0 unspecified atom stereocenters. The lowest BCUT2D eigenvalue weighted by Gasteiger charge is -2.07. The van der Waals surface area contributed by atoms with Crippen molar-refractivity contribution in [2.24, 2.45) is 0 Å². The van der Waals surface area contributed by atoms with Gasteiger partial charge in [-0.3, -0.25) is 4.79 Å². The van der Waals surface area contributed by atoms with E-state index in [1.54, 1.807) is 12.1 Å². The van der Waals surface area contributed by atoms with E-state index >= 15 is 0 Å². The van der Waals surface area contributed by atoms with Crippen LogP contribution in [0.1, 0.15) is 23.2 Å². The van der Waals surface area contributed by atoms with E-state index in [0.29, 0.717) is 29.6 Å². The molecule has 1 aromatic carbocycles. The lowest BCUT2D eigenvalue weighted by Crippen LogP contribution is -2.24. The number of hydrogen-bond donors (Lipinski definition) is 2. The van der Waals surface area contributed by atoms with Crippen LogP contribution in [0.25, 0.3) is 0 Å². The van der Waals surface area contributed by atoms with E-state index < -0.39 is 0 Å². The van der Waals surface area contributed by atoms with Gasteiger partial charge in [0.2, 0.25) is 5.95 Å². The highest BCUT2D eigenvalue weighted by atomic mass is 35.5. The molecule has 2 N–H and O–H groups in total. The number of rotatable bonds is 7. The van der Waals surface area contributed by atoms with Crippen LogP contribution < -0.4 is 10.6 Å². The molecule has 2 aromatic rings. The largest absolute Gasteiger partial charge is 0.354 e. The number of benzene rings is 1. The van der Waals surface area contributed by atoms with Crippen molar-refractivity contribution in [1.29, 1.82) is 0 Å². The van der Waals surface area contributed by atoms with Gasteiger partial charge in [0.1, 0.15) is 0 Å². The lowest BCUT2D eigenvalue weighted by atomic mass is 10.2. The maximum atomic E-state index is 11.8.